The van der Waals surface area contributed by atoms with Crippen LogP contribution in [0.2, 0.25) is 0 Å². The quantitative estimate of drug-likeness (QED) is 0.868. The predicted molar refractivity (Wildman–Crippen MR) is 80.2 cm³/mol. The number of aromatic nitrogens is 2. The molecule has 0 saturated carbocycles. The summed E-state index contributed by atoms with van der Waals surface area (Å²) in [7, 11) is 3.51. The monoisotopic (exact) mass is 296 g/mol. The molecule has 6 heteroatoms. The highest BCUT2D eigenvalue weighted by atomic mass is 16.5. The summed E-state index contributed by atoms with van der Waals surface area (Å²) in [6.07, 6.45) is 0.302. The maximum Gasteiger partial charge on any atom is 0.274 e. The summed E-state index contributed by atoms with van der Waals surface area (Å²) in [5.74, 6) is 0.616. The Morgan fingerprint density at radius 3 is 3.05 bits per heavy atom. The zero-order chi connectivity index (χ0) is 15.7. The van der Waals surface area contributed by atoms with Crippen LogP contribution >= 0.6 is 0 Å². The lowest BCUT2D eigenvalue weighted by molar-refractivity contribution is 0.0788. The van der Waals surface area contributed by atoms with Gasteiger partial charge in [-0.05, 0) is 12.1 Å². The summed E-state index contributed by atoms with van der Waals surface area (Å²) in [6.45, 7) is 0.714. The van der Waals surface area contributed by atoms with Crippen LogP contribution in [0.5, 0.6) is 5.75 Å². The molecule has 2 heterocycles. The largest absolute Gasteiger partial charge is 0.488 e. The minimum atomic E-state index is -0.185. The Hall–Kier alpha value is -2.81. The number of benzene rings is 1. The van der Waals surface area contributed by atoms with Crippen molar-refractivity contribution in [2.45, 2.75) is 13.0 Å². The number of nitriles is 1. The molecule has 0 spiro atoms. The van der Waals surface area contributed by atoms with Crippen molar-refractivity contribution >= 4 is 5.91 Å². The highest BCUT2D eigenvalue weighted by molar-refractivity contribution is 5.96. The molecule has 0 fully saturated rings. The molecule has 2 aromatic rings. The average molecular weight is 296 g/mol. The van der Waals surface area contributed by atoms with Gasteiger partial charge in [0.2, 0.25) is 0 Å². The van der Waals surface area contributed by atoms with Gasteiger partial charge in [-0.3, -0.25) is 9.48 Å². The third-order valence-corrected chi connectivity index (χ3v) is 3.77. The smallest absolute Gasteiger partial charge is 0.274 e. The summed E-state index contributed by atoms with van der Waals surface area (Å²) >= 11 is 0. The lowest BCUT2D eigenvalue weighted by Gasteiger charge is -2.19. The van der Waals surface area contributed by atoms with Crippen LogP contribution in [0, 0.1) is 11.3 Å². The van der Waals surface area contributed by atoms with E-state index in [9.17, 15) is 4.79 Å². The molecule has 0 unspecified atom stereocenters. The fourth-order valence-electron chi connectivity index (χ4n) is 2.65. The van der Waals surface area contributed by atoms with E-state index in [4.69, 9.17) is 10.00 Å². The number of aryl methyl sites for hydroxylation is 1. The summed E-state index contributed by atoms with van der Waals surface area (Å²) in [4.78, 5) is 14.1. The highest BCUT2D eigenvalue weighted by Gasteiger charge is 2.29. The van der Waals surface area contributed by atoms with Crippen molar-refractivity contribution in [1.82, 2.24) is 14.7 Å². The molecule has 3 rings (SSSR count). The number of fused-ring (bicyclic) bond motifs is 3. The molecule has 22 heavy (non-hydrogen) atoms. The first-order valence-electron chi connectivity index (χ1n) is 7.04. The van der Waals surface area contributed by atoms with Gasteiger partial charge in [-0.2, -0.15) is 10.4 Å². The van der Waals surface area contributed by atoms with E-state index in [0.29, 0.717) is 25.3 Å². The fourth-order valence-corrected chi connectivity index (χ4v) is 2.65. The lowest BCUT2D eigenvalue weighted by Crippen LogP contribution is -2.29. The van der Waals surface area contributed by atoms with E-state index in [-0.39, 0.29) is 5.91 Å². The minimum absolute atomic E-state index is 0.185. The molecule has 0 aliphatic carbocycles. The van der Waals surface area contributed by atoms with Gasteiger partial charge >= 0.3 is 0 Å². The fraction of sp³-hybridized carbons (Fsp3) is 0.312. The van der Waals surface area contributed by atoms with Crippen LogP contribution in [0.3, 0.4) is 0 Å². The molecule has 0 bridgehead atoms. The van der Waals surface area contributed by atoms with Gasteiger partial charge in [-0.25, -0.2) is 0 Å². The van der Waals surface area contributed by atoms with Gasteiger partial charge in [0.15, 0.2) is 5.69 Å². The second-order valence-electron chi connectivity index (χ2n) is 5.22. The maximum absolute atomic E-state index is 12.5. The van der Waals surface area contributed by atoms with Crippen LogP contribution in [0.4, 0.5) is 0 Å². The van der Waals surface area contributed by atoms with Gasteiger partial charge in [0.1, 0.15) is 12.4 Å². The number of nitrogens with zero attached hydrogens (tertiary/aromatic N) is 4. The third-order valence-electron chi connectivity index (χ3n) is 3.77. The first kappa shape index (κ1) is 14.1. The molecule has 1 aliphatic heterocycles. The number of rotatable bonds is 3. The molecule has 1 aliphatic rings. The average Bonchev–Trinajstić information content (AvgIpc) is 2.89. The van der Waals surface area contributed by atoms with Crippen molar-refractivity contribution < 1.29 is 9.53 Å². The van der Waals surface area contributed by atoms with Crippen molar-refractivity contribution in [1.29, 1.82) is 5.26 Å². The van der Waals surface area contributed by atoms with Crippen molar-refractivity contribution in [3.8, 4) is 23.1 Å². The van der Waals surface area contributed by atoms with Crippen LogP contribution in [0.15, 0.2) is 24.3 Å². The van der Waals surface area contributed by atoms with Gasteiger partial charge in [0.05, 0.1) is 18.2 Å². The normalized spacial score (nSPS) is 11.9. The van der Waals surface area contributed by atoms with Gasteiger partial charge in [-0.1, -0.05) is 12.1 Å². The second kappa shape index (κ2) is 5.53. The van der Waals surface area contributed by atoms with Crippen LogP contribution in [0.1, 0.15) is 22.5 Å². The van der Waals surface area contributed by atoms with E-state index < -0.39 is 0 Å². The molecule has 0 N–H and O–H groups in total. The second-order valence-corrected chi connectivity index (χ2v) is 5.22. The summed E-state index contributed by atoms with van der Waals surface area (Å²) in [5.41, 5.74) is 3.05. The number of hydrogen-bond acceptors (Lipinski definition) is 4. The number of carbonyl (C=O) groups excluding carboxylic acids is 1. The molecule has 0 atom stereocenters. The van der Waals surface area contributed by atoms with Crippen LogP contribution in [0.25, 0.3) is 11.3 Å². The maximum atomic E-state index is 12.5. The highest BCUT2D eigenvalue weighted by Crippen LogP contribution is 2.38. The number of hydrogen-bond donors (Lipinski definition) is 0. The predicted octanol–water partition coefficient (Wildman–Crippen LogP) is 1.97. The van der Waals surface area contributed by atoms with Crippen molar-refractivity contribution in [2.24, 2.45) is 7.05 Å². The van der Waals surface area contributed by atoms with Crippen LogP contribution < -0.4 is 4.74 Å². The van der Waals surface area contributed by atoms with E-state index in [1.54, 1.807) is 11.7 Å². The summed E-state index contributed by atoms with van der Waals surface area (Å²) in [6, 6.07) is 9.76. The van der Waals surface area contributed by atoms with Crippen LogP contribution in [-0.4, -0.2) is 34.2 Å². The summed E-state index contributed by atoms with van der Waals surface area (Å²) < 4.78 is 7.46. The topological polar surface area (TPSA) is 71.2 Å². The SMILES string of the molecule is CN(CCC#N)C(=O)c1nn(C)c2c1COc1ccccc1-2. The molecule has 0 saturated heterocycles. The molecule has 1 aromatic heterocycles. The molecule has 1 amide bonds. The Morgan fingerprint density at radius 2 is 2.27 bits per heavy atom. The van der Waals surface area contributed by atoms with E-state index in [1.165, 1.54) is 4.90 Å². The molecular formula is C16H16N4O2. The van der Waals surface area contributed by atoms with Gasteiger partial charge in [0, 0.05) is 31.8 Å². The van der Waals surface area contributed by atoms with Crippen LogP contribution in [-0.2, 0) is 13.7 Å². The minimum Gasteiger partial charge on any atom is -0.488 e. The summed E-state index contributed by atoms with van der Waals surface area (Å²) in [5, 5.41) is 13.0. The van der Waals surface area contributed by atoms with E-state index in [2.05, 4.69) is 5.10 Å². The molecule has 0 radical (unpaired) electrons. The first-order valence-corrected chi connectivity index (χ1v) is 7.04. The Morgan fingerprint density at radius 1 is 1.50 bits per heavy atom. The third kappa shape index (κ3) is 2.21. The number of para-hydroxylation sites is 1. The van der Waals surface area contributed by atoms with Gasteiger partial charge in [0.25, 0.3) is 5.91 Å². The van der Waals surface area contributed by atoms with Crippen molar-refractivity contribution in [3.63, 3.8) is 0 Å². The first-order chi connectivity index (χ1) is 10.6. The number of carbonyl (C=O) groups is 1. The van der Waals surface area contributed by atoms with Gasteiger partial charge in [-0.15, -0.1) is 0 Å². The van der Waals surface area contributed by atoms with E-state index >= 15 is 0 Å². The van der Waals surface area contributed by atoms with Crippen molar-refractivity contribution in [2.75, 3.05) is 13.6 Å². The zero-order valence-corrected chi connectivity index (χ0v) is 12.5. The molecule has 112 valence electrons. The standard InChI is InChI=1S/C16H16N4O2/c1-19(9-5-8-17)16(21)14-12-10-22-13-7-4-3-6-11(13)15(12)20(2)18-14/h3-4,6-7H,5,9-10H2,1-2H3. The molecular weight excluding hydrogens is 280 g/mol. The Balaban J connectivity index is 2.01. The van der Waals surface area contributed by atoms with E-state index in [1.807, 2.05) is 37.4 Å². The number of ether oxygens (including phenoxy) is 1. The lowest BCUT2D eigenvalue weighted by atomic mass is 10.0. The Bertz CT molecular complexity index is 773. The zero-order valence-electron chi connectivity index (χ0n) is 12.5. The Labute approximate surface area is 128 Å². The molecule has 6 nitrogen and oxygen atoms in total. The Kier molecular flexibility index (Phi) is 3.55. The number of amides is 1. The van der Waals surface area contributed by atoms with Crippen molar-refractivity contribution in [3.05, 3.63) is 35.5 Å². The molecule has 1 aromatic carbocycles. The van der Waals surface area contributed by atoms with E-state index in [0.717, 1.165) is 22.6 Å². The van der Waals surface area contributed by atoms with Gasteiger partial charge < -0.3 is 9.64 Å².